The highest BCUT2D eigenvalue weighted by Gasteiger charge is 2.39. The van der Waals surface area contributed by atoms with Crippen LogP contribution in [0.2, 0.25) is 5.02 Å². The summed E-state index contributed by atoms with van der Waals surface area (Å²) in [5, 5.41) is 0.479. The lowest BCUT2D eigenvalue weighted by Crippen LogP contribution is -2.48. The van der Waals surface area contributed by atoms with Gasteiger partial charge in [-0.3, -0.25) is 4.79 Å². The van der Waals surface area contributed by atoms with Gasteiger partial charge in [0.1, 0.15) is 5.60 Å². The largest absolute Gasteiger partial charge is 0.444 e. The van der Waals surface area contributed by atoms with Crippen LogP contribution in [0.1, 0.15) is 63.2 Å². The highest BCUT2D eigenvalue weighted by molar-refractivity contribution is 6.33. The van der Waals surface area contributed by atoms with Gasteiger partial charge in [-0.1, -0.05) is 36.6 Å². The molecule has 1 aliphatic heterocycles. The lowest BCUT2D eigenvalue weighted by Gasteiger charge is -2.35. The van der Waals surface area contributed by atoms with Crippen molar-refractivity contribution in [1.82, 2.24) is 9.80 Å². The zero-order chi connectivity index (χ0) is 19.6. The zero-order valence-electron chi connectivity index (χ0n) is 16.4. The second-order valence-electron chi connectivity index (χ2n) is 8.50. The Morgan fingerprint density at radius 3 is 2.41 bits per heavy atom. The number of benzene rings is 1. The first-order valence-corrected chi connectivity index (χ1v) is 10.2. The van der Waals surface area contributed by atoms with Crippen LogP contribution in [0.5, 0.6) is 0 Å². The summed E-state index contributed by atoms with van der Waals surface area (Å²) in [6, 6.07) is 7.44. The highest BCUT2D eigenvalue weighted by Crippen LogP contribution is 2.31. The van der Waals surface area contributed by atoms with Crippen LogP contribution in [0.3, 0.4) is 0 Å². The average Bonchev–Trinajstić information content (AvgIpc) is 3.26. The molecule has 0 aromatic heterocycles. The van der Waals surface area contributed by atoms with E-state index in [1.54, 1.807) is 17.0 Å². The van der Waals surface area contributed by atoms with Gasteiger partial charge >= 0.3 is 6.09 Å². The lowest BCUT2D eigenvalue weighted by molar-refractivity contribution is 0.0265. The van der Waals surface area contributed by atoms with Crippen molar-refractivity contribution in [3.05, 3.63) is 34.9 Å². The normalized spacial score (nSPS) is 20.7. The Balaban J connectivity index is 1.78. The van der Waals surface area contributed by atoms with Gasteiger partial charge in [0.2, 0.25) is 0 Å². The Morgan fingerprint density at radius 1 is 1.11 bits per heavy atom. The monoisotopic (exact) mass is 392 g/mol. The number of nitrogens with zero attached hydrogens (tertiary/aromatic N) is 2. The third-order valence-electron chi connectivity index (χ3n) is 5.27. The van der Waals surface area contributed by atoms with Gasteiger partial charge in [0, 0.05) is 19.1 Å². The summed E-state index contributed by atoms with van der Waals surface area (Å²) in [7, 11) is 0. The SMILES string of the molecule is CC(C)(C)OC(=O)N1CCC(N(C(=O)c2ccccc2Cl)C2CCCC2)C1. The molecule has 1 atom stereocenters. The molecule has 27 heavy (non-hydrogen) atoms. The number of rotatable bonds is 3. The maximum absolute atomic E-state index is 13.4. The lowest BCUT2D eigenvalue weighted by atomic mass is 10.1. The van der Waals surface area contributed by atoms with E-state index in [9.17, 15) is 9.59 Å². The topological polar surface area (TPSA) is 49.9 Å². The number of carbonyl (C=O) groups excluding carboxylic acids is 2. The van der Waals surface area contributed by atoms with Gasteiger partial charge in [-0.25, -0.2) is 4.79 Å². The molecule has 1 aromatic carbocycles. The van der Waals surface area contributed by atoms with Crippen LogP contribution in [-0.4, -0.2) is 52.6 Å². The first kappa shape index (κ1) is 20.0. The molecule has 3 rings (SSSR count). The molecule has 0 radical (unpaired) electrons. The number of halogens is 1. The number of ether oxygens (including phenoxy) is 1. The number of hydrogen-bond acceptors (Lipinski definition) is 3. The van der Waals surface area contributed by atoms with Crippen molar-refractivity contribution in [3.63, 3.8) is 0 Å². The third kappa shape index (κ3) is 4.75. The van der Waals surface area contributed by atoms with Crippen molar-refractivity contribution in [3.8, 4) is 0 Å². The van der Waals surface area contributed by atoms with Gasteiger partial charge in [-0.15, -0.1) is 0 Å². The molecule has 2 aliphatic rings. The maximum atomic E-state index is 13.4. The van der Waals surface area contributed by atoms with Crippen molar-refractivity contribution < 1.29 is 14.3 Å². The zero-order valence-corrected chi connectivity index (χ0v) is 17.2. The van der Waals surface area contributed by atoms with Gasteiger partial charge in [0.25, 0.3) is 5.91 Å². The van der Waals surface area contributed by atoms with E-state index in [2.05, 4.69) is 0 Å². The summed E-state index contributed by atoms with van der Waals surface area (Å²) in [6.07, 6.45) is 4.77. The fourth-order valence-corrected chi connectivity index (χ4v) is 4.26. The van der Waals surface area contributed by atoms with Crippen LogP contribution >= 0.6 is 11.6 Å². The summed E-state index contributed by atoms with van der Waals surface area (Å²) in [6.45, 7) is 6.72. The molecule has 1 aromatic rings. The Bertz CT molecular complexity index is 695. The molecule has 0 bridgehead atoms. The van der Waals surface area contributed by atoms with E-state index >= 15 is 0 Å². The first-order valence-electron chi connectivity index (χ1n) is 9.81. The Kier molecular flexibility index (Phi) is 5.99. The molecule has 6 heteroatoms. The summed E-state index contributed by atoms with van der Waals surface area (Å²) >= 11 is 6.30. The molecule has 1 unspecified atom stereocenters. The predicted molar refractivity (Wildman–Crippen MR) is 106 cm³/mol. The summed E-state index contributed by atoms with van der Waals surface area (Å²) < 4.78 is 5.50. The van der Waals surface area contributed by atoms with Crippen LogP contribution < -0.4 is 0 Å². The fourth-order valence-electron chi connectivity index (χ4n) is 4.05. The molecule has 0 spiro atoms. The van der Waals surface area contributed by atoms with Crippen molar-refractivity contribution in [2.75, 3.05) is 13.1 Å². The summed E-state index contributed by atoms with van der Waals surface area (Å²) in [4.78, 5) is 29.5. The molecule has 2 fully saturated rings. The maximum Gasteiger partial charge on any atom is 0.410 e. The van der Waals surface area contributed by atoms with E-state index in [1.807, 2.05) is 37.8 Å². The summed E-state index contributed by atoms with van der Waals surface area (Å²) in [5.74, 6) is -0.0245. The van der Waals surface area contributed by atoms with E-state index in [1.165, 1.54) is 0 Å². The second-order valence-corrected chi connectivity index (χ2v) is 8.91. The molecular formula is C21H29ClN2O3. The predicted octanol–water partition coefficient (Wildman–Crippen LogP) is 4.73. The third-order valence-corrected chi connectivity index (χ3v) is 5.59. The van der Waals surface area contributed by atoms with E-state index in [0.717, 1.165) is 32.1 Å². The quantitative estimate of drug-likeness (QED) is 0.746. The number of carbonyl (C=O) groups is 2. The fraction of sp³-hybridized carbons (Fsp3) is 0.619. The molecule has 148 valence electrons. The number of amides is 2. The number of likely N-dealkylation sites (tertiary alicyclic amines) is 1. The molecule has 1 aliphatic carbocycles. The minimum atomic E-state index is -0.520. The van der Waals surface area contributed by atoms with Gasteiger partial charge in [-0.05, 0) is 52.2 Å². The van der Waals surface area contributed by atoms with Crippen molar-refractivity contribution in [2.45, 2.75) is 70.6 Å². The Morgan fingerprint density at radius 2 is 1.78 bits per heavy atom. The second kappa shape index (κ2) is 8.09. The Hall–Kier alpha value is -1.75. The van der Waals surface area contributed by atoms with E-state index in [0.29, 0.717) is 23.7 Å². The smallest absolute Gasteiger partial charge is 0.410 e. The first-order chi connectivity index (χ1) is 12.8. The highest BCUT2D eigenvalue weighted by atomic mass is 35.5. The van der Waals surface area contributed by atoms with Crippen LogP contribution in [0.4, 0.5) is 4.79 Å². The van der Waals surface area contributed by atoms with Crippen LogP contribution in [0.25, 0.3) is 0 Å². The molecule has 1 heterocycles. The molecule has 0 N–H and O–H groups in total. The Labute approximate surface area is 166 Å². The van der Waals surface area contributed by atoms with E-state index in [-0.39, 0.29) is 24.1 Å². The van der Waals surface area contributed by atoms with Crippen molar-refractivity contribution in [1.29, 1.82) is 0 Å². The van der Waals surface area contributed by atoms with Crippen LogP contribution in [-0.2, 0) is 4.74 Å². The van der Waals surface area contributed by atoms with Crippen LogP contribution in [0, 0.1) is 0 Å². The molecule has 1 saturated heterocycles. The minimum Gasteiger partial charge on any atom is -0.444 e. The van der Waals surface area contributed by atoms with Crippen LogP contribution in [0.15, 0.2) is 24.3 Å². The molecule has 1 saturated carbocycles. The van der Waals surface area contributed by atoms with Crippen molar-refractivity contribution in [2.24, 2.45) is 0 Å². The van der Waals surface area contributed by atoms with E-state index in [4.69, 9.17) is 16.3 Å². The number of hydrogen-bond donors (Lipinski definition) is 0. The van der Waals surface area contributed by atoms with Crippen molar-refractivity contribution >= 4 is 23.6 Å². The van der Waals surface area contributed by atoms with Gasteiger partial charge in [0.05, 0.1) is 16.6 Å². The van der Waals surface area contributed by atoms with E-state index < -0.39 is 5.60 Å². The average molecular weight is 393 g/mol. The van der Waals surface area contributed by atoms with Gasteiger partial charge < -0.3 is 14.5 Å². The summed E-state index contributed by atoms with van der Waals surface area (Å²) in [5.41, 5.74) is 0.0232. The molecule has 5 nitrogen and oxygen atoms in total. The molecule has 2 amide bonds. The standard InChI is InChI=1S/C21H29ClN2O3/c1-21(2,3)27-20(26)23-13-12-16(14-23)24(15-8-4-5-9-15)19(25)17-10-6-7-11-18(17)22/h6-7,10-11,15-16H,4-5,8-9,12-14H2,1-3H3. The van der Waals surface area contributed by atoms with Gasteiger partial charge in [0.15, 0.2) is 0 Å². The minimum absolute atomic E-state index is 0.00407. The van der Waals surface area contributed by atoms with Gasteiger partial charge in [-0.2, -0.15) is 0 Å². The molecular weight excluding hydrogens is 364 g/mol.